The van der Waals surface area contributed by atoms with Crippen molar-refractivity contribution in [2.45, 2.75) is 6.04 Å². The number of nitrogens with one attached hydrogen (secondary N) is 1. The molecule has 0 spiro atoms. The van der Waals surface area contributed by atoms with Gasteiger partial charge < -0.3 is 10.2 Å². The topological polar surface area (TPSA) is 69.7 Å². The lowest BCUT2D eigenvalue weighted by Gasteiger charge is -2.34. The number of fused-ring (bicyclic) bond motifs is 1. The van der Waals surface area contributed by atoms with E-state index in [1.165, 1.54) is 10.6 Å². The molecule has 2 rings (SSSR count). The zero-order chi connectivity index (χ0) is 10.3. The van der Waals surface area contributed by atoms with Crippen LogP contribution in [0.25, 0.3) is 0 Å². The molecule has 0 saturated carbocycles. The van der Waals surface area contributed by atoms with Gasteiger partial charge >= 0.3 is 6.03 Å². The molecule has 0 unspecified atom stereocenters. The average molecular weight is 219 g/mol. The molecule has 2 fully saturated rings. The van der Waals surface area contributed by atoms with E-state index in [9.17, 15) is 13.2 Å². The Morgan fingerprint density at radius 2 is 2.14 bits per heavy atom. The molecule has 1 N–H and O–H groups in total. The summed E-state index contributed by atoms with van der Waals surface area (Å²) in [6.07, 6.45) is 1.20. The van der Waals surface area contributed by atoms with Gasteiger partial charge in [0.05, 0.1) is 12.3 Å². The van der Waals surface area contributed by atoms with Gasteiger partial charge in [0.15, 0.2) is 0 Å². The number of carbonyl (C=O) groups is 1. The Hall–Kier alpha value is -0.820. The molecule has 0 bridgehead atoms. The second-order valence-electron chi connectivity index (χ2n) is 3.65. The Bertz CT molecular complexity index is 353. The van der Waals surface area contributed by atoms with Crippen LogP contribution in [0.2, 0.25) is 0 Å². The minimum atomic E-state index is -3.11. The van der Waals surface area contributed by atoms with Crippen LogP contribution in [0.3, 0.4) is 0 Å². The number of carbonyl (C=O) groups excluding carboxylic acids is 1. The molecule has 14 heavy (non-hydrogen) atoms. The number of hydrogen-bond donors (Lipinski definition) is 1. The summed E-state index contributed by atoms with van der Waals surface area (Å²) in [7, 11) is -3.11. The van der Waals surface area contributed by atoms with Gasteiger partial charge in [0.25, 0.3) is 0 Å². The van der Waals surface area contributed by atoms with Crippen molar-refractivity contribution in [3.8, 4) is 0 Å². The quantitative estimate of drug-likeness (QED) is 0.593. The maximum absolute atomic E-state index is 11.3. The molecule has 0 aromatic carbocycles. The molecule has 0 aromatic heterocycles. The van der Waals surface area contributed by atoms with Crippen molar-refractivity contribution in [2.75, 3.05) is 32.4 Å². The van der Waals surface area contributed by atoms with Crippen LogP contribution < -0.4 is 5.32 Å². The van der Waals surface area contributed by atoms with E-state index in [2.05, 4.69) is 5.32 Å². The first-order valence-corrected chi connectivity index (χ1v) is 6.33. The van der Waals surface area contributed by atoms with E-state index in [4.69, 9.17) is 0 Å². The molecule has 2 aliphatic rings. The molecule has 1 atom stereocenters. The van der Waals surface area contributed by atoms with Gasteiger partial charge in [-0.05, 0) is 0 Å². The van der Waals surface area contributed by atoms with E-state index in [1.54, 1.807) is 4.90 Å². The SMILES string of the molecule is CS(=O)(=O)N1CCN2C(=O)NC[C@H]2C1. The first-order chi connectivity index (χ1) is 6.48. The molecule has 6 nitrogen and oxygen atoms in total. The fourth-order valence-electron chi connectivity index (χ4n) is 1.88. The number of urea groups is 1. The molecule has 7 heteroatoms. The Kier molecular flexibility index (Phi) is 2.15. The number of amides is 2. The molecular formula is C7H13N3O3S. The molecular weight excluding hydrogens is 206 g/mol. The minimum absolute atomic E-state index is 0.00553. The van der Waals surface area contributed by atoms with Crippen molar-refractivity contribution in [1.82, 2.24) is 14.5 Å². The summed E-state index contributed by atoms with van der Waals surface area (Å²) in [5.74, 6) is 0. The highest BCUT2D eigenvalue weighted by Crippen LogP contribution is 2.15. The Labute approximate surface area is 82.9 Å². The summed E-state index contributed by atoms with van der Waals surface area (Å²) < 4.78 is 23.9. The normalized spacial score (nSPS) is 28.8. The van der Waals surface area contributed by atoms with Crippen molar-refractivity contribution >= 4 is 16.1 Å². The third kappa shape index (κ3) is 1.57. The van der Waals surface area contributed by atoms with E-state index in [0.29, 0.717) is 26.2 Å². The van der Waals surface area contributed by atoms with E-state index in [1.807, 2.05) is 0 Å². The van der Waals surface area contributed by atoms with E-state index in [0.717, 1.165) is 0 Å². The van der Waals surface area contributed by atoms with Crippen LogP contribution in [0, 0.1) is 0 Å². The lowest BCUT2D eigenvalue weighted by atomic mass is 10.2. The molecule has 2 saturated heterocycles. The fraction of sp³-hybridized carbons (Fsp3) is 0.857. The molecule has 0 radical (unpaired) electrons. The van der Waals surface area contributed by atoms with Gasteiger partial charge in [-0.25, -0.2) is 13.2 Å². The number of rotatable bonds is 1. The highest BCUT2D eigenvalue weighted by atomic mass is 32.2. The van der Waals surface area contributed by atoms with Crippen molar-refractivity contribution in [2.24, 2.45) is 0 Å². The summed E-state index contributed by atoms with van der Waals surface area (Å²) in [5.41, 5.74) is 0. The molecule has 2 heterocycles. The zero-order valence-corrected chi connectivity index (χ0v) is 8.75. The summed E-state index contributed by atoms with van der Waals surface area (Å²) in [4.78, 5) is 12.9. The number of nitrogens with zero attached hydrogens (tertiary/aromatic N) is 2. The summed E-state index contributed by atoms with van der Waals surface area (Å²) >= 11 is 0. The highest BCUT2D eigenvalue weighted by molar-refractivity contribution is 7.88. The fourth-order valence-corrected chi connectivity index (χ4v) is 2.73. The Morgan fingerprint density at radius 3 is 2.79 bits per heavy atom. The van der Waals surface area contributed by atoms with Gasteiger partial charge in [0.2, 0.25) is 10.0 Å². The molecule has 2 aliphatic heterocycles. The number of sulfonamides is 1. The summed E-state index contributed by atoms with van der Waals surface area (Å²) in [6, 6.07) is -0.0749. The highest BCUT2D eigenvalue weighted by Gasteiger charge is 2.37. The van der Waals surface area contributed by atoms with Gasteiger partial charge in [-0.1, -0.05) is 0 Å². The Balaban J connectivity index is 2.10. The lowest BCUT2D eigenvalue weighted by molar-refractivity contribution is 0.165. The molecule has 0 aliphatic carbocycles. The first kappa shape index (κ1) is 9.72. The van der Waals surface area contributed by atoms with E-state index in [-0.39, 0.29) is 12.1 Å². The van der Waals surface area contributed by atoms with Crippen LogP contribution in [0.5, 0.6) is 0 Å². The summed E-state index contributed by atoms with van der Waals surface area (Å²) in [5, 5.41) is 2.70. The van der Waals surface area contributed by atoms with Crippen LogP contribution >= 0.6 is 0 Å². The second kappa shape index (κ2) is 3.09. The lowest BCUT2D eigenvalue weighted by Crippen LogP contribution is -2.53. The zero-order valence-electron chi connectivity index (χ0n) is 7.93. The molecule has 80 valence electrons. The second-order valence-corrected chi connectivity index (χ2v) is 5.64. The van der Waals surface area contributed by atoms with Crippen LogP contribution in [0.15, 0.2) is 0 Å². The largest absolute Gasteiger partial charge is 0.336 e. The van der Waals surface area contributed by atoms with Crippen LogP contribution in [0.4, 0.5) is 4.79 Å². The van der Waals surface area contributed by atoms with Crippen LogP contribution in [0.1, 0.15) is 0 Å². The average Bonchev–Trinajstić information content (AvgIpc) is 2.46. The van der Waals surface area contributed by atoms with Crippen LogP contribution in [-0.2, 0) is 10.0 Å². The number of piperazine rings is 1. The third-order valence-corrected chi connectivity index (χ3v) is 3.93. The third-order valence-electron chi connectivity index (χ3n) is 2.66. The maximum Gasteiger partial charge on any atom is 0.317 e. The smallest absolute Gasteiger partial charge is 0.317 e. The van der Waals surface area contributed by atoms with Gasteiger partial charge in [0.1, 0.15) is 0 Å². The van der Waals surface area contributed by atoms with E-state index >= 15 is 0 Å². The number of hydrogen-bond acceptors (Lipinski definition) is 3. The van der Waals surface area contributed by atoms with Crippen LogP contribution in [-0.4, -0.2) is 62.1 Å². The molecule has 0 aromatic rings. The monoisotopic (exact) mass is 219 g/mol. The molecule has 2 amide bonds. The van der Waals surface area contributed by atoms with Gasteiger partial charge in [-0.3, -0.25) is 0 Å². The minimum Gasteiger partial charge on any atom is -0.336 e. The first-order valence-electron chi connectivity index (χ1n) is 4.48. The van der Waals surface area contributed by atoms with E-state index < -0.39 is 10.0 Å². The Morgan fingerprint density at radius 1 is 1.43 bits per heavy atom. The predicted octanol–water partition coefficient (Wildman–Crippen LogP) is -1.34. The van der Waals surface area contributed by atoms with Crippen molar-refractivity contribution in [1.29, 1.82) is 0 Å². The van der Waals surface area contributed by atoms with Gasteiger partial charge in [-0.15, -0.1) is 0 Å². The van der Waals surface area contributed by atoms with Crippen molar-refractivity contribution in [3.05, 3.63) is 0 Å². The van der Waals surface area contributed by atoms with Gasteiger partial charge in [0, 0.05) is 26.2 Å². The van der Waals surface area contributed by atoms with Crippen molar-refractivity contribution in [3.63, 3.8) is 0 Å². The standard InChI is InChI=1S/C7H13N3O3S/c1-14(12,13)9-2-3-10-6(5-9)4-8-7(10)11/h6H,2-5H2,1H3,(H,8,11)/t6-/m0/s1. The maximum atomic E-state index is 11.3. The van der Waals surface area contributed by atoms with Crippen molar-refractivity contribution < 1.29 is 13.2 Å². The van der Waals surface area contributed by atoms with Gasteiger partial charge in [-0.2, -0.15) is 4.31 Å². The predicted molar refractivity (Wildman–Crippen MR) is 50.3 cm³/mol. The summed E-state index contributed by atoms with van der Waals surface area (Å²) in [6.45, 7) is 1.86.